The Hall–Kier alpha value is -1.59. The summed E-state index contributed by atoms with van der Waals surface area (Å²) in [5.41, 5.74) is -0.775. The molecule has 3 aliphatic rings. The summed E-state index contributed by atoms with van der Waals surface area (Å²) in [6.07, 6.45) is 5.83. The van der Waals surface area contributed by atoms with Gasteiger partial charge >= 0.3 is 0 Å². The number of amides is 3. The largest absolute Gasteiger partial charge is 0.342 e. The molecule has 128 valence electrons. The molecule has 0 aromatic rings. The summed E-state index contributed by atoms with van der Waals surface area (Å²) >= 11 is 0. The molecule has 0 aromatic carbocycles. The second-order valence-corrected chi connectivity index (χ2v) is 7.09. The molecule has 2 heterocycles. The van der Waals surface area contributed by atoms with Gasteiger partial charge in [-0.1, -0.05) is 12.8 Å². The predicted molar refractivity (Wildman–Crippen MR) is 85.5 cm³/mol. The van der Waals surface area contributed by atoms with Crippen molar-refractivity contribution in [1.82, 2.24) is 14.7 Å². The van der Waals surface area contributed by atoms with Gasteiger partial charge in [-0.3, -0.25) is 14.4 Å². The van der Waals surface area contributed by atoms with Crippen LogP contribution >= 0.6 is 0 Å². The molecule has 1 saturated carbocycles. The number of nitrogens with zero attached hydrogens (tertiary/aromatic N) is 3. The van der Waals surface area contributed by atoms with E-state index in [1.807, 2.05) is 4.90 Å². The van der Waals surface area contributed by atoms with E-state index in [1.165, 1.54) is 12.8 Å². The van der Waals surface area contributed by atoms with Crippen molar-refractivity contribution in [2.75, 3.05) is 39.3 Å². The third kappa shape index (κ3) is 3.21. The standard InChI is InChI=1S/C17H27N3O3/c1-14(21)18-10-12-20(13-11-18)16(23)17(6-7-17)15(22)19-8-4-2-3-5-9-19/h2-13H2,1H3. The van der Waals surface area contributed by atoms with Crippen LogP contribution in [0.1, 0.15) is 45.4 Å². The van der Waals surface area contributed by atoms with Crippen molar-refractivity contribution >= 4 is 17.7 Å². The molecule has 0 atom stereocenters. The first-order chi connectivity index (χ1) is 11.0. The van der Waals surface area contributed by atoms with E-state index in [1.54, 1.807) is 16.7 Å². The Labute approximate surface area is 137 Å². The molecule has 0 aromatic heterocycles. The van der Waals surface area contributed by atoms with Crippen molar-refractivity contribution in [3.05, 3.63) is 0 Å². The van der Waals surface area contributed by atoms with E-state index >= 15 is 0 Å². The van der Waals surface area contributed by atoms with Gasteiger partial charge in [0.2, 0.25) is 17.7 Å². The smallest absolute Gasteiger partial charge is 0.238 e. The van der Waals surface area contributed by atoms with Gasteiger partial charge in [-0.2, -0.15) is 0 Å². The molecule has 0 spiro atoms. The monoisotopic (exact) mass is 321 g/mol. The minimum atomic E-state index is -0.775. The average Bonchev–Trinajstić information content (AvgIpc) is 3.38. The van der Waals surface area contributed by atoms with Crippen LogP contribution in [0.15, 0.2) is 0 Å². The van der Waals surface area contributed by atoms with Crippen LogP contribution in [0.5, 0.6) is 0 Å². The Morgan fingerprint density at radius 3 is 1.52 bits per heavy atom. The van der Waals surface area contributed by atoms with Gasteiger partial charge in [0.25, 0.3) is 0 Å². The average molecular weight is 321 g/mol. The van der Waals surface area contributed by atoms with Crippen LogP contribution < -0.4 is 0 Å². The van der Waals surface area contributed by atoms with Crippen LogP contribution in [0.4, 0.5) is 0 Å². The maximum absolute atomic E-state index is 12.9. The first-order valence-corrected chi connectivity index (χ1v) is 8.89. The normalized spacial score (nSPS) is 24.1. The highest BCUT2D eigenvalue weighted by atomic mass is 16.2. The fourth-order valence-electron chi connectivity index (χ4n) is 3.75. The summed E-state index contributed by atoms with van der Waals surface area (Å²) in [5.74, 6) is 0.104. The van der Waals surface area contributed by atoms with E-state index < -0.39 is 5.41 Å². The van der Waals surface area contributed by atoms with Crippen LogP contribution in [0.2, 0.25) is 0 Å². The molecule has 0 N–H and O–H groups in total. The zero-order valence-electron chi connectivity index (χ0n) is 14.1. The number of hydrogen-bond acceptors (Lipinski definition) is 3. The molecule has 1 aliphatic carbocycles. The first-order valence-electron chi connectivity index (χ1n) is 8.89. The van der Waals surface area contributed by atoms with Gasteiger partial charge in [0, 0.05) is 46.2 Å². The third-order valence-corrected chi connectivity index (χ3v) is 5.47. The van der Waals surface area contributed by atoms with Crippen LogP contribution in [-0.2, 0) is 14.4 Å². The van der Waals surface area contributed by atoms with Gasteiger partial charge in [-0.05, 0) is 25.7 Å². The molecule has 3 amide bonds. The van der Waals surface area contributed by atoms with Gasteiger partial charge in [0.1, 0.15) is 5.41 Å². The summed E-state index contributed by atoms with van der Waals surface area (Å²) in [7, 11) is 0. The fraction of sp³-hybridized carbons (Fsp3) is 0.824. The Kier molecular flexibility index (Phi) is 4.60. The summed E-state index contributed by atoms with van der Waals surface area (Å²) in [4.78, 5) is 42.7. The maximum atomic E-state index is 12.9. The fourth-order valence-corrected chi connectivity index (χ4v) is 3.75. The summed E-state index contributed by atoms with van der Waals surface area (Å²) in [6.45, 7) is 5.41. The molecule has 0 bridgehead atoms. The minimum Gasteiger partial charge on any atom is -0.342 e. The lowest BCUT2D eigenvalue weighted by molar-refractivity contribution is -0.151. The van der Waals surface area contributed by atoms with Crippen molar-refractivity contribution < 1.29 is 14.4 Å². The van der Waals surface area contributed by atoms with Crippen LogP contribution in [0, 0.1) is 5.41 Å². The first kappa shape index (κ1) is 16.3. The Bertz CT molecular complexity index is 485. The van der Waals surface area contributed by atoms with Crippen LogP contribution in [-0.4, -0.2) is 71.7 Å². The lowest BCUT2D eigenvalue weighted by atomic mass is 10.0. The second kappa shape index (κ2) is 6.49. The quantitative estimate of drug-likeness (QED) is 0.709. The highest BCUT2D eigenvalue weighted by molar-refractivity contribution is 6.07. The summed E-state index contributed by atoms with van der Waals surface area (Å²) in [6, 6.07) is 0. The lowest BCUT2D eigenvalue weighted by Gasteiger charge is -2.36. The molecule has 3 rings (SSSR count). The van der Waals surface area contributed by atoms with E-state index in [-0.39, 0.29) is 17.7 Å². The van der Waals surface area contributed by atoms with Crippen molar-refractivity contribution in [2.24, 2.45) is 5.41 Å². The number of carbonyl (C=O) groups is 3. The van der Waals surface area contributed by atoms with Crippen molar-refractivity contribution in [3.63, 3.8) is 0 Å². The van der Waals surface area contributed by atoms with Crippen LogP contribution in [0.25, 0.3) is 0 Å². The van der Waals surface area contributed by atoms with Crippen LogP contribution in [0.3, 0.4) is 0 Å². The number of carbonyl (C=O) groups excluding carboxylic acids is 3. The SMILES string of the molecule is CC(=O)N1CCN(C(=O)C2(C(=O)N3CCCCCC3)CC2)CC1. The lowest BCUT2D eigenvalue weighted by Crippen LogP contribution is -2.54. The Morgan fingerprint density at radius 1 is 0.652 bits per heavy atom. The topological polar surface area (TPSA) is 60.9 Å². The number of likely N-dealkylation sites (tertiary alicyclic amines) is 1. The Balaban J connectivity index is 1.62. The number of rotatable bonds is 2. The molecule has 3 fully saturated rings. The molecule has 6 nitrogen and oxygen atoms in total. The minimum absolute atomic E-state index is 0.00468. The van der Waals surface area contributed by atoms with Crippen molar-refractivity contribution in [1.29, 1.82) is 0 Å². The molecule has 0 unspecified atom stereocenters. The van der Waals surface area contributed by atoms with E-state index in [2.05, 4.69) is 0 Å². The highest BCUT2D eigenvalue weighted by Gasteiger charge is 2.59. The van der Waals surface area contributed by atoms with E-state index in [0.717, 1.165) is 25.9 Å². The number of piperazine rings is 1. The van der Waals surface area contributed by atoms with Gasteiger partial charge in [-0.15, -0.1) is 0 Å². The molecule has 2 aliphatic heterocycles. The number of hydrogen-bond donors (Lipinski definition) is 0. The third-order valence-electron chi connectivity index (χ3n) is 5.47. The zero-order valence-corrected chi connectivity index (χ0v) is 14.1. The molecule has 2 saturated heterocycles. The zero-order chi connectivity index (χ0) is 16.4. The highest BCUT2D eigenvalue weighted by Crippen LogP contribution is 2.49. The molecular formula is C17H27N3O3. The van der Waals surface area contributed by atoms with Gasteiger partial charge in [-0.25, -0.2) is 0 Å². The predicted octanol–water partition coefficient (Wildman–Crippen LogP) is 0.860. The summed E-state index contributed by atoms with van der Waals surface area (Å²) < 4.78 is 0. The van der Waals surface area contributed by atoms with E-state index in [9.17, 15) is 14.4 Å². The van der Waals surface area contributed by atoms with E-state index in [0.29, 0.717) is 39.0 Å². The molecule has 0 radical (unpaired) electrons. The molecule has 23 heavy (non-hydrogen) atoms. The van der Waals surface area contributed by atoms with E-state index in [4.69, 9.17) is 0 Å². The van der Waals surface area contributed by atoms with Crippen molar-refractivity contribution in [3.8, 4) is 0 Å². The molecule has 6 heteroatoms. The molecular weight excluding hydrogens is 294 g/mol. The maximum Gasteiger partial charge on any atom is 0.238 e. The summed E-state index contributed by atoms with van der Waals surface area (Å²) in [5, 5.41) is 0. The van der Waals surface area contributed by atoms with Gasteiger partial charge < -0.3 is 14.7 Å². The van der Waals surface area contributed by atoms with Crippen molar-refractivity contribution in [2.45, 2.75) is 45.4 Å². The van der Waals surface area contributed by atoms with Gasteiger partial charge in [0.15, 0.2) is 0 Å². The second-order valence-electron chi connectivity index (χ2n) is 7.09. The Morgan fingerprint density at radius 2 is 1.09 bits per heavy atom. The van der Waals surface area contributed by atoms with Gasteiger partial charge in [0.05, 0.1) is 0 Å².